The van der Waals surface area contributed by atoms with Gasteiger partial charge in [0.2, 0.25) is 0 Å². The molecule has 0 unspecified atom stereocenters. The Kier molecular flexibility index (Phi) is 2.60. The van der Waals surface area contributed by atoms with Crippen molar-refractivity contribution in [3.05, 3.63) is 0 Å². The molecule has 0 aromatic heterocycles. The zero-order valence-electron chi connectivity index (χ0n) is 6.29. The monoisotopic (exact) mass is 160 g/mol. The first-order valence-electron chi connectivity index (χ1n) is 3.47. The van der Waals surface area contributed by atoms with E-state index in [9.17, 15) is 4.79 Å². The zero-order chi connectivity index (χ0) is 7.56. The summed E-state index contributed by atoms with van der Waals surface area (Å²) in [4.78, 5) is 10.5. The van der Waals surface area contributed by atoms with E-state index >= 15 is 0 Å². The number of rotatable bonds is 1. The van der Waals surface area contributed by atoms with Crippen LogP contribution in [0.3, 0.4) is 0 Å². The number of ether oxygens (including phenoxy) is 1. The first-order chi connectivity index (χ1) is 4.68. The van der Waals surface area contributed by atoms with Crippen molar-refractivity contribution in [2.75, 3.05) is 5.75 Å². The molecule has 1 heterocycles. The van der Waals surface area contributed by atoms with Crippen LogP contribution in [-0.2, 0) is 9.53 Å². The Morgan fingerprint density at radius 3 is 2.80 bits per heavy atom. The first kappa shape index (κ1) is 7.92. The van der Waals surface area contributed by atoms with Crippen LogP contribution in [0, 0.1) is 0 Å². The van der Waals surface area contributed by atoms with Gasteiger partial charge in [-0.15, -0.1) is 0 Å². The molecule has 2 nitrogen and oxygen atoms in total. The molecule has 0 aromatic rings. The van der Waals surface area contributed by atoms with Gasteiger partial charge in [-0.05, 0) is 6.42 Å². The summed E-state index contributed by atoms with van der Waals surface area (Å²) in [5.74, 6) is 0.820. The second kappa shape index (κ2) is 3.28. The second-order valence-corrected chi connectivity index (χ2v) is 4.08. The molecule has 1 rings (SSSR count). The lowest BCUT2D eigenvalue weighted by molar-refractivity contribution is -0.145. The molecule has 58 valence electrons. The van der Waals surface area contributed by atoms with E-state index < -0.39 is 0 Å². The third-order valence-electron chi connectivity index (χ3n) is 1.49. The minimum absolute atomic E-state index is 0.153. The predicted molar refractivity (Wildman–Crippen MR) is 42.1 cm³/mol. The highest BCUT2D eigenvalue weighted by Gasteiger charge is 2.23. The van der Waals surface area contributed by atoms with E-state index in [1.807, 2.05) is 11.8 Å². The number of carbonyl (C=O) groups excluding carboxylic acids is 1. The van der Waals surface area contributed by atoms with Gasteiger partial charge < -0.3 is 4.74 Å². The minimum atomic E-state index is -0.153. The molecule has 2 atom stereocenters. The SMILES string of the molecule is CC(=O)O[C@H]1CS[C@@H](C)C1. The summed E-state index contributed by atoms with van der Waals surface area (Å²) >= 11 is 1.87. The van der Waals surface area contributed by atoms with Gasteiger partial charge in [-0.3, -0.25) is 4.79 Å². The Bertz CT molecular complexity index is 136. The van der Waals surface area contributed by atoms with E-state index in [4.69, 9.17) is 4.74 Å². The molecule has 1 fully saturated rings. The minimum Gasteiger partial charge on any atom is -0.462 e. The zero-order valence-corrected chi connectivity index (χ0v) is 7.11. The third kappa shape index (κ3) is 2.21. The number of hydrogen-bond acceptors (Lipinski definition) is 3. The quantitative estimate of drug-likeness (QED) is 0.543. The van der Waals surface area contributed by atoms with Crippen molar-refractivity contribution < 1.29 is 9.53 Å². The van der Waals surface area contributed by atoms with Crippen LogP contribution in [0.2, 0.25) is 0 Å². The van der Waals surface area contributed by atoms with Crippen LogP contribution in [0.25, 0.3) is 0 Å². The Morgan fingerprint density at radius 1 is 1.70 bits per heavy atom. The van der Waals surface area contributed by atoms with Crippen LogP contribution in [0.4, 0.5) is 0 Å². The lowest BCUT2D eigenvalue weighted by atomic mass is 10.2. The van der Waals surface area contributed by atoms with Crippen molar-refractivity contribution in [3.63, 3.8) is 0 Å². The maximum Gasteiger partial charge on any atom is 0.302 e. The lowest BCUT2D eigenvalue weighted by Gasteiger charge is -2.07. The molecule has 0 radical (unpaired) electrons. The van der Waals surface area contributed by atoms with Crippen LogP contribution in [0.1, 0.15) is 20.3 Å². The van der Waals surface area contributed by atoms with E-state index in [1.165, 1.54) is 6.92 Å². The highest BCUT2D eigenvalue weighted by Crippen LogP contribution is 2.27. The molecule has 0 aromatic carbocycles. The molecule has 10 heavy (non-hydrogen) atoms. The average molecular weight is 160 g/mol. The van der Waals surface area contributed by atoms with Crippen LogP contribution in [0.5, 0.6) is 0 Å². The topological polar surface area (TPSA) is 26.3 Å². The predicted octanol–water partition coefficient (Wildman–Crippen LogP) is 1.44. The molecule has 3 heteroatoms. The largest absolute Gasteiger partial charge is 0.462 e. The summed E-state index contributed by atoms with van der Waals surface area (Å²) in [6.07, 6.45) is 1.20. The highest BCUT2D eigenvalue weighted by atomic mass is 32.2. The van der Waals surface area contributed by atoms with Crippen LogP contribution in [-0.4, -0.2) is 23.1 Å². The van der Waals surface area contributed by atoms with Gasteiger partial charge in [0, 0.05) is 17.9 Å². The average Bonchev–Trinajstić information content (AvgIpc) is 2.13. The second-order valence-electron chi connectivity index (χ2n) is 2.61. The maximum absolute atomic E-state index is 10.5. The molecule has 1 saturated heterocycles. The molecule has 0 saturated carbocycles. The summed E-state index contributed by atoms with van der Waals surface area (Å²) in [7, 11) is 0. The van der Waals surface area contributed by atoms with E-state index in [2.05, 4.69) is 6.92 Å². The van der Waals surface area contributed by atoms with Crippen molar-refractivity contribution in [3.8, 4) is 0 Å². The van der Waals surface area contributed by atoms with E-state index in [1.54, 1.807) is 0 Å². The smallest absolute Gasteiger partial charge is 0.302 e. The number of hydrogen-bond donors (Lipinski definition) is 0. The van der Waals surface area contributed by atoms with Crippen molar-refractivity contribution in [2.24, 2.45) is 0 Å². The van der Waals surface area contributed by atoms with Crippen LogP contribution >= 0.6 is 11.8 Å². The molecule has 0 bridgehead atoms. The summed E-state index contributed by atoms with van der Waals surface area (Å²) in [5.41, 5.74) is 0. The van der Waals surface area contributed by atoms with Gasteiger partial charge in [-0.1, -0.05) is 6.92 Å². The van der Waals surface area contributed by atoms with Gasteiger partial charge in [-0.25, -0.2) is 0 Å². The van der Waals surface area contributed by atoms with E-state index in [0.717, 1.165) is 12.2 Å². The molecular weight excluding hydrogens is 148 g/mol. The lowest BCUT2D eigenvalue weighted by Crippen LogP contribution is -2.15. The maximum atomic E-state index is 10.5. The summed E-state index contributed by atoms with van der Waals surface area (Å²) < 4.78 is 5.02. The van der Waals surface area contributed by atoms with Crippen molar-refractivity contribution >= 4 is 17.7 Å². The van der Waals surface area contributed by atoms with Crippen molar-refractivity contribution in [1.29, 1.82) is 0 Å². The fourth-order valence-electron chi connectivity index (χ4n) is 1.09. The Balaban J connectivity index is 2.24. The molecule has 0 N–H and O–H groups in total. The summed E-state index contributed by atoms with van der Waals surface area (Å²) in [5, 5.41) is 0.657. The molecule has 0 amide bonds. The standard InChI is InChI=1S/C7H12O2S/c1-5-3-7(4-10-5)9-6(2)8/h5,7H,3-4H2,1-2H3/t5-,7+/m0/s1. The number of thioether (sulfide) groups is 1. The molecule has 1 aliphatic rings. The Labute approximate surface area is 65.3 Å². The highest BCUT2D eigenvalue weighted by molar-refractivity contribution is 8.00. The molecular formula is C7H12O2S. The third-order valence-corrected chi connectivity index (χ3v) is 2.82. The molecule has 0 aliphatic carbocycles. The fourth-order valence-corrected chi connectivity index (χ4v) is 2.19. The van der Waals surface area contributed by atoms with Crippen molar-refractivity contribution in [2.45, 2.75) is 31.6 Å². The number of esters is 1. The molecule has 1 aliphatic heterocycles. The first-order valence-corrected chi connectivity index (χ1v) is 4.52. The normalized spacial score (nSPS) is 32.2. The van der Waals surface area contributed by atoms with Gasteiger partial charge in [-0.2, -0.15) is 11.8 Å². The van der Waals surface area contributed by atoms with Gasteiger partial charge in [0.1, 0.15) is 6.10 Å². The van der Waals surface area contributed by atoms with E-state index in [-0.39, 0.29) is 12.1 Å². The molecule has 0 spiro atoms. The van der Waals surface area contributed by atoms with E-state index in [0.29, 0.717) is 5.25 Å². The van der Waals surface area contributed by atoms with Gasteiger partial charge in [0.25, 0.3) is 0 Å². The Hall–Kier alpha value is -0.180. The van der Waals surface area contributed by atoms with Crippen molar-refractivity contribution in [1.82, 2.24) is 0 Å². The van der Waals surface area contributed by atoms with Crippen LogP contribution < -0.4 is 0 Å². The van der Waals surface area contributed by atoms with Crippen LogP contribution in [0.15, 0.2) is 0 Å². The summed E-state index contributed by atoms with van der Waals surface area (Å²) in [6.45, 7) is 3.63. The fraction of sp³-hybridized carbons (Fsp3) is 0.857. The van der Waals surface area contributed by atoms with Gasteiger partial charge in [0.15, 0.2) is 0 Å². The Morgan fingerprint density at radius 2 is 2.40 bits per heavy atom. The number of carbonyl (C=O) groups is 1. The summed E-state index contributed by atoms with van der Waals surface area (Å²) in [6, 6.07) is 0. The van der Waals surface area contributed by atoms with Gasteiger partial charge >= 0.3 is 5.97 Å². The van der Waals surface area contributed by atoms with Gasteiger partial charge in [0.05, 0.1) is 0 Å².